The second kappa shape index (κ2) is 5.35. The minimum absolute atomic E-state index is 0.0140. The molecule has 5 nitrogen and oxygen atoms in total. The number of aromatic nitrogens is 2. The van der Waals surface area contributed by atoms with E-state index in [4.69, 9.17) is 0 Å². The van der Waals surface area contributed by atoms with Gasteiger partial charge in [0.25, 0.3) is 11.5 Å². The first-order chi connectivity index (χ1) is 10.7. The number of hydrogen-bond acceptors (Lipinski definition) is 4. The van der Waals surface area contributed by atoms with Gasteiger partial charge in [0, 0.05) is 23.8 Å². The van der Waals surface area contributed by atoms with Crippen LogP contribution in [0.5, 0.6) is 0 Å². The zero-order valence-corrected chi connectivity index (χ0v) is 13.0. The van der Waals surface area contributed by atoms with Gasteiger partial charge in [-0.1, -0.05) is 0 Å². The molecule has 0 spiro atoms. The maximum Gasteiger partial charge on any atom is 0.261 e. The normalized spacial score (nSPS) is 20.4. The Balaban J connectivity index is 1.68. The highest BCUT2D eigenvalue weighted by Crippen LogP contribution is 2.34. The molecular weight excluding hydrogens is 298 g/mol. The van der Waals surface area contributed by atoms with E-state index in [1.807, 2.05) is 10.3 Å². The molecule has 0 aromatic carbocycles. The van der Waals surface area contributed by atoms with Crippen LogP contribution in [0.4, 0.5) is 0 Å². The molecule has 3 heterocycles. The van der Waals surface area contributed by atoms with E-state index in [9.17, 15) is 9.59 Å². The Kier molecular flexibility index (Phi) is 3.33. The van der Waals surface area contributed by atoms with Gasteiger partial charge in [-0.25, -0.2) is 4.98 Å². The molecule has 2 aromatic rings. The summed E-state index contributed by atoms with van der Waals surface area (Å²) < 4.78 is 0. The molecular formula is C16H17N3O2S. The van der Waals surface area contributed by atoms with Crippen molar-refractivity contribution in [1.29, 1.82) is 0 Å². The highest BCUT2D eigenvalue weighted by atomic mass is 32.1. The standard InChI is InChI=1S/C16H17N3O2S/c20-14-11(9-10-3-1-4-12(10)18-14)16(21)19-7-2-5-13(19)15-17-6-8-22-15/h6,8-9,13H,1-5,7H2,(H,18,20)/t13-/m1/s1. The number of hydrogen-bond donors (Lipinski definition) is 1. The molecule has 114 valence electrons. The zero-order chi connectivity index (χ0) is 15.1. The summed E-state index contributed by atoms with van der Waals surface area (Å²) >= 11 is 1.57. The summed E-state index contributed by atoms with van der Waals surface area (Å²) in [6.07, 6.45) is 6.55. The summed E-state index contributed by atoms with van der Waals surface area (Å²) in [6.45, 7) is 0.694. The van der Waals surface area contributed by atoms with Crippen molar-refractivity contribution in [3.63, 3.8) is 0 Å². The third-order valence-electron chi connectivity index (χ3n) is 4.57. The number of carbonyl (C=O) groups is 1. The molecule has 1 saturated heterocycles. The lowest BCUT2D eigenvalue weighted by atomic mass is 10.1. The van der Waals surface area contributed by atoms with E-state index in [1.54, 1.807) is 23.6 Å². The largest absolute Gasteiger partial charge is 0.329 e. The van der Waals surface area contributed by atoms with E-state index in [2.05, 4.69) is 9.97 Å². The predicted molar refractivity (Wildman–Crippen MR) is 84.2 cm³/mol. The molecule has 1 atom stereocenters. The smallest absolute Gasteiger partial charge is 0.261 e. The first-order valence-corrected chi connectivity index (χ1v) is 8.57. The van der Waals surface area contributed by atoms with Crippen LogP contribution in [0.2, 0.25) is 0 Å². The van der Waals surface area contributed by atoms with Gasteiger partial charge in [0.1, 0.15) is 10.6 Å². The number of pyridine rings is 1. The Labute approximate surface area is 132 Å². The second-order valence-corrected chi connectivity index (χ2v) is 6.82. The number of aromatic amines is 1. The van der Waals surface area contributed by atoms with E-state index in [-0.39, 0.29) is 23.1 Å². The van der Waals surface area contributed by atoms with Gasteiger partial charge in [-0.15, -0.1) is 11.3 Å². The molecule has 2 aliphatic rings. The molecule has 2 aromatic heterocycles. The number of aryl methyl sites for hydroxylation is 2. The van der Waals surface area contributed by atoms with Crippen molar-refractivity contribution < 1.29 is 4.79 Å². The number of rotatable bonds is 2. The average Bonchev–Trinajstić information content (AvgIpc) is 3.25. The number of carbonyl (C=O) groups excluding carboxylic acids is 1. The molecule has 0 bridgehead atoms. The molecule has 4 rings (SSSR count). The molecule has 1 amide bonds. The van der Waals surface area contributed by atoms with Crippen LogP contribution in [0.3, 0.4) is 0 Å². The molecule has 0 radical (unpaired) electrons. The lowest BCUT2D eigenvalue weighted by molar-refractivity contribution is 0.0733. The summed E-state index contributed by atoms with van der Waals surface area (Å²) in [7, 11) is 0. The Morgan fingerprint density at radius 1 is 1.36 bits per heavy atom. The highest BCUT2D eigenvalue weighted by molar-refractivity contribution is 7.09. The maximum atomic E-state index is 12.9. The number of nitrogens with one attached hydrogen (secondary N) is 1. The molecule has 1 fully saturated rings. The Bertz CT molecular complexity index is 766. The minimum atomic E-state index is -0.254. The van der Waals surface area contributed by atoms with Crippen LogP contribution in [0.15, 0.2) is 22.4 Å². The van der Waals surface area contributed by atoms with Gasteiger partial charge >= 0.3 is 0 Å². The summed E-state index contributed by atoms with van der Waals surface area (Å²) in [4.78, 5) is 34.2. The minimum Gasteiger partial charge on any atom is -0.329 e. The van der Waals surface area contributed by atoms with Gasteiger partial charge in [-0.2, -0.15) is 0 Å². The van der Waals surface area contributed by atoms with E-state index in [1.165, 1.54) is 0 Å². The third kappa shape index (κ3) is 2.18. The summed E-state index contributed by atoms with van der Waals surface area (Å²) in [6, 6.07) is 1.82. The quantitative estimate of drug-likeness (QED) is 0.924. The van der Waals surface area contributed by atoms with Gasteiger partial charge in [-0.05, 0) is 43.7 Å². The highest BCUT2D eigenvalue weighted by Gasteiger charge is 2.33. The number of nitrogens with zero attached hydrogens (tertiary/aromatic N) is 2. The van der Waals surface area contributed by atoms with E-state index in [0.29, 0.717) is 6.54 Å². The number of fused-ring (bicyclic) bond motifs is 1. The molecule has 0 saturated carbocycles. The zero-order valence-electron chi connectivity index (χ0n) is 12.2. The fraction of sp³-hybridized carbons (Fsp3) is 0.438. The summed E-state index contributed by atoms with van der Waals surface area (Å²) in [5, 5.41) is 2.89. The third-order valence-corrected chi connectivity index (χ3v) is 5.45. The van der Waals surface area contributed by atoms with Crippen LogP contribution < -0.4 is 5.56 Å². The van der Waals surface area contributed by atoms with Crippen molar-refractivity contribution in [3.8, 4) is 0 Å². The van der Waals surface area contributed by atoms with Gasteiger partial charge < -0.3 is 9.88 Å². The van der Waals surface area contributed by atoms with Gasteiger partial charge in [0.05, 0.1) is 6.04 Å². The Morgan fingerprint density at radius 2 is 2.27 bits per heavy atom. The average molecular weight is 315 g/mol. The fourth-order valence-electron chi connectivity index (χ4n) is 3.49. The molecule has 1 aliphatic carbocycles. The van der Waals surface area contributed by atoms with E-state index in [0.717, 1.165) is 48.4 Å². The van der Waals surface area contributed by atoms with Crippen molar-refractivity contribution in [2.45, 2.75) is 38.1 Å². The maximum absolute atomic E-state index is 12.9. The van der Waals surface area contributed by atoms with Crippen LogP contribution in [0.25, 0.3) is 0 Å². The van der Waals surface area contributed by atoms with Crippen molar-refractivity contribution in [3.05, 3.63) is 49.8 Å². The lowest BCUT2D eigenvalue weighted by Crippen LogP contribution is -2.34. The topological polar surface area (TPSA) is 66.1 Å². The summed E-state index contributed by atoms with van der Waals surface area (Å²) in [5.74, 6) is -0.159. The van der Waals surface area contributed by atoms with Gasteiger partial charge in [-0.3, -0.25) is 9.59 Å². The first-order valence-electron chi connectivity index (χ1n) is 7.69. The number of amides is 1. The number of thiazole rings is 1. The van der Waals surface area contributed by atoms with Crippen LogP contribution in [0, 0.1) is 0 Å². The van der Waals surface area contributed by atoms with Crippen LogP contribution in [0.1, 0.15) is 51.9 Å². The van der Waals surface area contributed by atoms with E-state index >= 15 is 0 Å². The monoisotopic (exact) mass is 315 g/mol. The van der Waals surface area contributed by atoms with Crippen LogP contribution in [-0.4, -0.2) is 27.3 Å². The Hall–Kier alpha value is -1.95. The van der Waals surface area contributed by atoms with Crippen LogP contribution >= 0.6 is 11.3 Å². The van der Waals surface area contributed by atoms with E-state index < -0.39 is 0 Å². The Morgan fingerprint density at radius 3 is 3.09 bits per heavy atom. The number of H-pyrrole nitrogens is 1. The van der Waals surface area contributed by atoms with Crippen molar-refractivity contribution in [2.24, 2.45) is 0 Å². The molecule has 22 heavy (non-hydrogen) atoms. The lowest BCUT2D eigenvalue weighted by Gasteiger charge is -2.23. The summed E-state index contributed by atoms with van der Waals surface area (Å²) in [5.41, 5.74) is 2.15. The van der Waals surface area contributed by atoms with Gasteiger partial charge in [0.2, 0.25) is 0 Å². The van der Waals surface area contributed by atoms with Crippen molar-refractivity contribution >= 4 is 17.2 Å². The first kappa shape index (κ1) is 13.7. The van der Waals surface area contributed by atoms with Crippen molar-refractivity contribution in [2.75, 3.05) is 6.54 Å². The molecule has 1 N–H and O–H groups in total. The second-order valence-electron chi connectivity index (χ2n) is 5.90. The van der Waals surface area contributed by atoms with Gasteiger partial charge in [0.15, 0.2) is 0 Å². The number of likely N-dealkylation sites (tertiary alicyclic amines) is 1. The molecule has 1 aliphatic heterocycles. The predicted octanol–water partition coefficient (Wildman–Crippen LogP) is 2.30. The molecule has 0 unspecified atom stereocenters. The van der Waals surface area contributed by atoms with Crippen LogP contribution in [-0.2, 0) is 12.8 Å². The SMILES string of the molecule is O=C(c1cc2c([nH]c1=O)CCC2)N1CCC[C@@H]1c1nccs1. The van der Waals surface area contributed by atoms with Crippen molar-refractivity contribution in [1.82, 2.24) is 14.9 Å². The molecule has 6 heteroatoms. The fourth-order valence-corrected chi connectivity index (χ4v) is 4.28.